The van der Waals surface area contributed by atoms with Gasteiger partial charge in [0.15, 0.2) is 0 Å². The summed E-state index contributed by atoms with van der Waals surface area (Å²) >= 11 is 0. The van der Waals surface area contributed by atoms with Crippen LogP contribution in [0.1, 0.15) is 49.3 Å². The topological polar surface area (TPSA) is 82.6 Å². The largest absolute Gasteiger partial charge is 0.507 e. The molecule has 1 saturated heterocycles. The molecule has 1 amide bonds. The molecule has 2 fully saturated rings. The van der Waals surface area contributed by atoms with Crippen LogP contribution >= 0.6 is 0 Å². The van der Waals surface area contributed by atoms with Crippen LogP contribution in [-0.4, -0.2) is 39.8 Å². The van der Waals surface area contributed by atoms with E-state index < -0.39 is 17.7 Å². The van der Waals surface area contributed by atoms with Crippen molar-refractivity contribution in [1.29, 1.82) is 0 Å². The van der Waals surface area contributed by atoms with Crippen molar-refractivity contribution in [1.82, 2.24) is 9.88 Å². The highest BCUT2D eigenvalue weighted by Gasteiger charge is 2.49. The molecule has 0 radical (unpaired) electrons. The Morgan fingerprint density at radius 3 is 2.47 bits per heavy atom. The number of ether oxygens (including phenoxy) is 1. The molecule has 0 spiro atoms. The first-order valence-corrected chi connectivity index (χ1v) is 11.1. The molecule has 6 nitrogen and oxygen atoms in total. The summed E-state index contributed by atoms with van der Waals surface area (Å²) < 4.78 is 5.29. The average molecular weight is 431 g/mol. The van der Waals surface area contributed by atoms with Crippen LogP contribution in [0.2, 0.25) is 0 Å². The van der Waals surface area contributed by atoms with Crippen molar-refractivity contribution < 1.29 is 19.4 Å². The van der Waals surface area contributed by atoms with Gasteiger partial charge >= 0.3 is 0 Å². The van der Waals surface area contributed by atoms with Crippen LogP contribution in [0.3, 0.4) is 0 Å². The SMILES string of the molecule is COc1ccc(C2/C(=C(/O)c3c[nH]c4ccccc34)C(=O)C(=O)N2C2CCCCC2)cc1. The third-order valence-corrected chi connectivity index (χ3v) is 6.72. The van der Waals surface area contributed by atoms with E-state index in [1.165, 1.54) is 0 Å². The molecule has 5 rings (SSSR count). The van der Waals surface area contributed by atoms with Crippen LogP contribution in [0.25, 0.3) is 16.7 Å². The molecule has 0 bridgehead atoms. The number of Topliss-reactive ketones (excluding diaryl/α,β-unsaturated/α-hetero) is 1. The summed E-state index contributed by atoms with van der Waals surface area (Å²) in [6.45, 7) is 0. The molecule has 1 aromatic heterocycles. The fraction of sp³-hybridized carbons (Fsp3) is 0.308. The predicted octanol–water partition coefficient (Wildman–Crippen LogP) is 4.93. The second kappa shape index (κ2) is 8.19. The average Bonchev–Trinajstić information content (AvgIpc) is 3.38. The number of rotatable bonds is 4. The number of aromatic nitrogens is 1. The minimum Gasteiger partial charge on any atom is -0.507 e. The number of aliphatic hydroxyl groups excluding tert-OH is 1. The summed E-state index contributed by atoms with van der Waals surface area (Å²) in [5.74, 6) is -0.599. The Kier molecular flexibility index (Phi) is 5.21. The first kappa shape index (κ1) is 20.4. The minimum atomic E-state index is -0.627. The number of aromatic amines is 1. The molecule has 164 valence electrons. The number of likely N-dealkylation sites (tertiary alicyclic amines) is 1. The monoisotopic (exact) mass is 430 g/mol. The number of ketones is 1. The highest BCUT2D eigenvalue weighted by Crippen LogP contribution is 2.44. The van der Waals surface area contributed by atoms with Gasteiger partial charge in [0.05, 0.1) is 18.7 Å². The molecule has 3 aromatic rings. The third-order valence-electron chi connectivity index (χ3n) is 6.72. The molecule has 32 heavy (non-hydrogen) atoms. The number of hydrogen-bond acceptors (Lipinski definition) is 4. The summed E-state index contributed by atoms with van der Waals surface area (Å²) in [4.78, 5) is 31.4. The Morgan fingerprint density at radius 1 is 1.03 bits per heavy atom. The van der Waals surface area contributed by atoms with Gasteiger partial charge in [0.2, 0.25) is 0 Å². The molecule has 1 saturated carbocycles. The first-order valence-electron chi connectivity index (χ1n) is 11.1. The highest BCUT2D eigenvalue weighted by molar-refractivity contribution is 6.46. The quantitative estimate of drug-likeness (QED) is 0.349. The first-order chi connectivity index (χ1) is 15.6. The number of aliphatic hydroxyl groups is 1. The van der Waals surface area contributed by atoms with E-state index in [0.717, 1.165) is 48.6 Å². The molecule has 6 heteroatoms. The van der Waals surface area contributed by atoms with E-state index in [1.807, 2.05) is 48.5 Å². The maximum absolute atomic E-state index is 13.3. The fourth-order valence-electron chi connectivity index (χ4n) is 5.11. The molecule has 1 aliphatic heterocycles. The van der Waals surface area contributed by atoms with E-state index in [0.29, 0.717) is 11.3 Å². The van der Waals surface area contributed by atoms with Gasteiger partial charge in [0, 0.05) is 28.7 Å². The van der Waals surface area contributed by atoms with Crippen molar-refractivity contribution in [3.63, 3.8) is 0 Å². The smallest absolute Gasteiger partial charge is 0.295 e. The summed E-state index contributed by atoms with van der Waals surface area (Å²) in [6.07, 6.45) is 6.64. The Balaban J connectivity index is 1.68. The van der Waals surface area contributed by atoms with E-state index in [9.17, 15) is 14.7 Å². The number of hydrogen-bond donors (Lipinski definition) is 2. The van der Waals surface area contributed by atoms with Crippen LogP contribution in [0.15, 0.2) is 60.3 Å². The Hall–Kier alpha value is -3.54. The second-order valence-corrected chi connectivity index (χ2v) is 8.52. The minimum absolute atomic E-state index is 0.0134. The molecule has 1 aliphatic carbocycles. The predicted molar refractivity (Wildman–Crippen MR) is 122 cm³/mol. The lowest BCUT2D eigenvalue weighted by Gasteiger charge is -2.35. The summed E-state index contributed by atoms with van der Waals surface area (Å²) in [6, 6.07) is 14.3. The van der Waals surface area contributed by atoms with Crippen LogP contribution in [0.5, 0.6) is 5.75 Å². The summed E-state index contributed by atoms with van der Waals surface area (Å²) in [5.41, 5.74) is 2.32. The van der Waals surface area contributed by atoms with E-state index >= 15 is 0 Å². The van der Waals surface area contributed by atoms with Crippen LogP contribution < -0.4 is 4.74 Å². The molecule has 1 unspecified atom stereocenters. The molecule has 2 aliphatic rings. The Morgan fingerprint density at radius 2 is 1.75 bits per heavy atom. The van der Waals surface area contributed by atoms with Gasteiger partial charge < -0.3 is 19.7 Å². The van der Waals surface area contributed by atoms with Gasteiger partial charge in [0.1, 0.15) is 11.5 Å². The highest BCUT2D eigenvalue weighted by atomic mass is 16.5. The molecule has 1 atom stereocenters. The number of fused-ring (bicyclic) bond motifs is 1. The zero-order valence-electron chi connectivity index (χ0n) is 18.0. The van der Waals surface area contributed by atoms with Crippen LogP contribution in [-0.2, 0) is 9.59 Å². The summed E-state index contributed by atoms with van der Waals surface area (Å²) in [5, 5.41) is 12.2. The van der Waals surface area contributed by atoms with E-state index in [-0.39, 0.29) is 17.4 Å². The number of nitrogens with zero attached hydrogens (tertiary/aromatic N) is 1. The normalized spacial score (nSPS) is 21.4. The van der Waals surface area contributed by atoms with Crippen molar-refractivity contribution in [3.05, 3.63) is 71.4 Å². The zero-order valence-corrected chi connectivity index (χ0v) is 18.0. The molecular formula is C26H26N2O4. The maximum Gasteiger partial charge on any atom is 0.295 e. The number of H-pyrrole nitrogens is 1. The van der Waals surface area contributed by atoms with Crippen molar-refractivity contribution in [2.75, 3.05) is 7.11 Å². The second-order valence-electron chi connectivity index (χ2n) is 8.52. The number of nitrogens with one attached hydrogen (secondary N) is 1. The van der Waals surface area contributed by atoms with E-state index in [1.54, 1.807) is 18.2 Å². The van der Waals surface area contributed by atoms with Crippen LogP contribution in [0, 0.1) is 0 Å². The number of carbonyl (C=O) groups excluding carboxylic acids is 2. The molecule has 2 aromatic carbocycles. The molecule has 2 heterocycles. The lowest BCUT2D eigenvalue weighted by molar-refractivity contribution is -0.141. The number of amides is 1. The summed E-state index contributed by atoms with van der Waals surface area (Å²) in [7, 11) is 1.60. The lowest BCUT2D eigenvalue weighted by atomic mass is 9.91. The van der Waals surface area contributed by atoms with Gasteiger partial charge in [-0.05, 0) is 36.6 Å². The van der Waals surface area contributed by atoms with Gasteiger partial charge in [-0.2, -0.15) is 0 Å². The van der Waals surface area contributed by atoms with E-state index in [4.69, 9.17) is 4.74 Å². The number of benzene rings is 2. The third kappa shape index (κ3) is 3.27. The van der Waals surface area contributed by atoms with Crippen molar-refractivity contribution >= 4 is 28.4 Å². The Labute approximate surface area is 186 Å². The number of methoxy groups -OCH3 is 1. The maximum atomic E-state index is 13.3. The molecule has 2 N–H and O–H groups in total. The van der Waals surface area contributed by atoms with Gasteiger partial charge in [-0.25, -0.2) is 0 Å². The van der Waals surface area contributed by atoms with E-state index in [2.05, 4.69) is 4.98 Å². The van der Waals surface area contributed by atoms with Gasteiger partial charge in [-0.1, -0.05) is 49.6 Å². The molecular weight excluding hydrogens is 404 g/mol. The van der Waals surface area contributed by atoms with Gasteiger partial charge in [-0.3, -0.25) is 9.59 Å². The van der Waals surface area contributed by atoms with Crippen molar-refractivity contribution in [3.8, 4) is 5.75 Å². The standard InChI is InChI=1S/C26H26N2O4/c1-32-18-13-11-16(12-14-18)23-22(24(29)20-15-27-21-10-6-5-9-19(20)21)25(30)26(31)28(23)17-7-3-2-4-8-17/h5-6,9-15,17,23,27,29H,2-4,7-8H2,1H3/b24-22-. The van der Waals surface area contributed by atoms with Crippen molar-refractivity contribution in [2.45, 2.75) is 44.2 Å². The number of carbonyl (C=O) groups is 2. The number of para-hydroxylation sites is 1. The lowest BCUT2D eigenvalue weighted by Crippen LogP contribution is -2.40. The van der Waals surface area contributed by atoms with Gasteiger partial charge in [-0.15, -0.1) is 0 Å². The van der Waals surface area contributed by atoms with Crippen molar-refractivity contribution in [2.24, 2.45) is 0 Å². The zero-order chi connectivity index (χ0) is 22.2. The van der Waals surface area contributed by atoms with Crippen LogP contribution in [0.4, 0.5) is 0 Å². The fourth-order valence-corrected chi connectivity index (χ4v) is 5.11. The van der Waals surface area contributed by atoms with Gasteiger partial charge in [0.25, 0.3) is 11.7 Å². The Bertz CT molecular complexity index is 1200.